The van der Waals surface area contributed by atoms with Crippen molar-refractivity contribution in [3.05, 3.63) is 42.7 Å². The average molecular weight is 286 g/mol. The van der Waals surface area contributed by atoms with Crippen molar-refractivity contribution < 1.29 is 4.39 Å². The van der Waals surface area contributed by atoms with Gasteiger partial charge in [0.25, 0.3) is 0 Å². The Morgan fingerprint density at radius 2 is 2.05 bits per heavy atom. The van der Waals surface area contributed by atoms with Crippen LogP contribution in [0.25, 0.3) is 11.2 Å². The van der Waals surface area contributed by atoms with Crippen molar-refractivity contribution in [2.45, 2.75) is 6.42 Å². The Morgan fingerprint density at radius 3 is 2.86 bits per heavy atom. The fourth-order valence-electron chi connectivity index (χ4n) is 2.22. The van der Waals surface area contributed by atoms with Gasteiger partial charge in [0.1, 0.15) is 17.7 Å². The summed E-state index contributed by atoms with van der Waals surface area (Å²) in [4.78, 5) is 17.3. The van der Waals surface area contributed by atoms with Crippen LogP contribution in [0.15, 0.2) is 36.9 Å². The second-order valence-electron chi connectivity index (χ2n) is 4.54. The number of para-hydroxylation sites is 1. The lowest BCUT2D eigenvalue weighted by molar-refractivity contribution is 0.623. The summed E-state index contributed by atoms with van der Waals surface area (Å²) in [5.41, 5.74) is 7.28. The first-order chi connectivity index (χ1) is 10.3. The number of H-pyrrole nitrogens is 1. The van der Waals surface area contributed by atoms with Gasteiger partial charge in [-0.05, 0) is 25.1 Å². The second-order valence-corrected chi connectivity index (χ2v) is 4.54. The van der Waals surface area contributed by atoms with Crippen molar-refractivity contribution in [3.63, 3.8) is 0 Å². The van der Waals surface area contributed by atoms with Crippen molar-refractivity contribution in [1.29, 1.82) is 0 Å². The van der Waals surface area contributed by atoms with Gasteiger partial charge in [-0.2, -0.15) is 0 Å². The second kappa shape index (κ2) is 5.84. The zero-order valence-electron chi connectivity index (χ0n) is 11.3. The molecule has 0 fully saturated rings. The zero-order chi connectivity index (χ0) is 14.7. The van der Waals surface area contributed by atoms with Gasteiger partial charge >= 0.3 is 0 Å². The van der Waals surface area contributed by atoms with Crippen molar-refractivity contribution in [2.75, 3.05) is 18.0 Å². The molecule has 0 saturated heterocycles. The SMILES string of the molecule is NCCCN(c1ccccc1F)c1ncnc2nc[nH]c12. The van der Waals surface area contributed by atoms with E-state index < -0.39 is 0 Å². The molecule has 2 aromatic heterocycles. The van der Waals surface area contributed by atoms with Gasteiger partial charge < -0.3 is 15.6 Å². The molecule has 0 amide bonds. The Morgan fingerprint density at radius 1 is 1.19 bits per heavy atom. The number of benzene rings is 1. The van der Waals surface area contributed by atoms with Gasteiger partial charge in [-0.25, -0.2) is 19.3 Å². The Balaban J connectivity index is 2.11. The van der Waals surface area contributed by atoms with Crippen LogP contribution in [-0.4, -0.2) is 33.0 Å². The fraction of sp³-hybridized carbons (Fsp3) is 0.214. The van der Waals surface area contributed by atoms with Crippen LogP contribution in [0.2, 0.25) is 0 Å². The van der Waals surface area contributed by atoms with Crippen LogP contribution in [0.3, 0.4) is 0 Å². The molecule has 0 spiro atoms. The average Bonchev–Trinajstić information content (AvgIpc) is 2.98. The van der Waals surface area contributed by atoms with E-state index in [0.717, 1.165) is 0 Å². The Hall–Kier alpha value is -2.54. The van der Waals surface area contributed by atoms with Gasteiger partial charge in [-0.15, -0.1) is 0 Å². The van der Waals surface area contributed by atoms with Gasteiger partial charge in [0.2, 0.25) is 0 Å². The molecule has 3 rings (SSSR count). The van der Waals surface area contributed by atoms with Gasteiger partial charge in [0.05, 0.1) is 12.0 Å². The number of imidazole rings is 1. The van der Waals surface area contributed by atoms with Crippen molar-refractivity contribution in [2.24, 2.45) is 5.73 Å². The van der Waals surface area contributed by atoms with Gasteiger partial charge in [-0.3, -0.25) is 0 Å². The van der Waals surface area contributed by atoms with E-state index in [1.165, 1.54) is 12.4 Å². The number of hydrogen-bond acceptors (Lipinski definition) is 5. The summed E-state index contributed by atoms with van der Waals surface area (Å²) in [7, 11) is 0. The predicted molar refractivity (Wildman–Crippen MR) is 78.8 cm³/mol. The number of nitrogens with zero attached hydrogens (tertiary/aromatic N) is 4. The molecule has 0 saturated carbocycles. The van der Waals surface area contributed by atoms with E-state index in [0.29, 0.717) is 42.2 Å². The number of aromatic amines is 1. The summed E-state index contributed by atoms with van der Waals surface area (Å²) in [6, 6.07) is 6.59. The van der Waals surface area contributed by atoms with E-state index in [4.69, 9.17) is 5.73 Å². The molecular formula is C14H15FN6. The molecule has 3 aromatic rings. The number of fused-ring (bicyclic) bond motifs is 1. The summed E-state index contributed by atoms with van der Waals surface area (Å²) >= 11 is 0. The lowest BCUT2D eigenvalue weighted by Gasteiger charge is -2.24. The monoisotopic (exact) mass is 286 g/mol. The molecule has 0 aliphatic heterocycles. The quantitative estimate of drug-likeness (QED) is 0.749. The molecule has 6 nitrogen and oxygen atoms in total. The highest BCUT2D eigenvalue weighted by Gasteiger charge is 2.18. The number of aromatic nitrogens is 4. The van der Waals surface area contributed by atoms with Crippen molar-refractivity contribution >= 4 is 22.7 Å². The zero-order valence-corrected chi connectivity index (χ0v) is 11.3. The summed E-state index contributed by atoms with van der Waals surface area (Å²) < 4.78 is 14.1. The van der Waals surface area contributed by atoms with E-state index in [1.807, 2.05) is 0 Å². The van der Waals surface area contributed by atoms with E-state index in [-0.39, 0.29) is 5.82 Å². The number of anilines is 2. The van der Waals surface area contributed by atoms with Crippen LogP contribution in [0.1, 0.15) is 6.42 Å². The van der Waals surface area contributed by atoms with E-state index >= 15 is 0 Å². The normalized spacial score (nSPS) is 11.0. The molecule has 0 aliphatic rings. The lowest BCUT2D eigenvalue weighted by Crippen LogP contribution is -2.23. The number of hydrogen-bond donors (Lipinski definition) is 2. The molecular weight excluding hydrogens is 271 g/mol. The van der Waals surface area contributed by atoms with E-state index in [2.05, 4.69) is 19.9 Å². The molecule has 2 heterocycles. The molecule has 0 unspecified atom stereocenters. The Kier molecular flexibility index (Phi) is 3.74. The maximum absolute atomic E-state index is 14.1. The highest BCUT2D eigenvalue weighted by Crippen LogP contribution is 2.29. The lowest BCUT2D eigenvalue weighted by atomic mass is 10.2. The summed E-state index contributed by atoms with van der Waals surface area (Å²) in [6.07, 6.45) is 3.69. The minimum atomic E-state index is -0.305. The summed E-state index contributed by atoms with van der Waals surface area (Å²) in [5, 5.41) is 0. The van der Waals surface area contributed by atoms with Gasteiger partial charge in [0, 0.05) is 6.54 Å². The third-order valence-corrected chi connectivity index (χ3v) is 3.19. The number of nitrogens with two attached hydrogens (primary N) is 1. The molecule has 108 valence electrons. The molecule has 7 heteroatoms. The molecule has 0 aliphatic carbocycles. The highest BCUT2D eigenvalue weighted by molar-refractivity contribution is 5.85. The minimum absolute atomic E-state index is 0.305. The molecule has 3 N–H and O–H groups in total. The summed E-state index contributed by atoms with van der Waals surface area (Å²) in [6.45, 7) is 1.07. The van der Waals surface area contributed by atoms with Gasteiger partial charge in [-0.1, -0.05) is 12.1 Å². The van der Waals surface area contributed by atoms with Crippen molar-refractivity contribution in [1.82, 2.24) is 19.9 Å². The van der Waals surface area contributed by atoms with Crippen LogP contribution in [0.5, 0.6) is 0 Å². The third kappa shape index (κ3) is 2.55. The molecule has 21 heavy (non-hydrogen) atoms. The predicted octanol–water partition coefficient (Wildman–Crippen LogP) is 1.98. The maximum atomic E-state index is 14.1. The van der Waals surface area contributed by atoms with Crippen LogP contribution >= 0.6 is 0 Å². The van der Waals surface area contributed by atoms with Gasteiger partial charge in [0.15, 0.2) is 11.5 Å². The highest BCUT2D eigenvalue weighted by atomic mass is 19.1. The van der Waals surface area contributed by atoms with E-state index in [1.54, 1.807) is 29.4 Å². The summed E-state index contributed by atoms with van der Waals surface area (Å²) in [5.74, 6) is 0.289. The minimum Gasteiger partial charge on any atom is -0.340 e. The molecule has 0 radical (unpaired) electrons. The third-order valence-electron chi connectivity index (χ3n) is 3.19. The number of nitrogens with one attached hydrogen (secondary N) is 1. The first-order valence-corrected chi connectivity index (χ1v) is 6.67. The van der Waals surface area contributed by atoms with E-state index in [9.17, 15) is 4.39 Å². The van der Waals surface area contributed by atoms with Crippen LogP contribution < -0.4 is 10.6 Å². The molecule has 0 bridgehead atoms. The van der Waals surface area contributed by atoms with Crippen molar-refractivity contribution in [3.8, 4) is 0 Å². The number of halogens is 1. The van der Waals surface area contributed by atoms with Crippen LogP contribution in [-0.2, 0) is 0 Å². The first-order valence-electron chi connectivity index (χ1n) is 6.67. The number of rotatable bonds is 5. The standard InChI is InChI=1S/C14H15FN6/c15-10-4-1-2-5-11(10)21(7-3-6-16)14-12-13(18-8-17-12)19-9-20-14/h1-2,4-5,8-9H,3,6-7,16H2,(H,17,18,19,20). The largest absolute Gasteiger partial charge is 0.340 e. The van der Waals surface area contributed by atoms with Crippen LogP contribution in [0.4, 0.5) is 15.9 Å². The fourth-order valence-corrected chi connectivity index (χ4v) is 2.22. The molecule has 0 atom stereocenters. The molecule has 1 aromatic carbocycles. The Bertz CT molecular complexity index is 741. The first kappa shape index (κ1) is 13.4. The smallest absolute Gasteiger partial charge is 0.182 e. The Labute approximate surface area is 120 Å². The maximum Gasteiger partial charge on any atom is 0.182 e. The topological polar surface area (TPSA) is 83.7 Å². The van der Waals surface area contributed by atoms with Crippen LogP contribution in [0, 0.1) is 5.82 Å².